The second-order valence-corrected chi connectivity index (χ2v) is 6.56. The van der Waals surface area contributed by atoms with Gasteiger partial charge in [0.25, 0.3) is 5.91 Å². The Bertz CT molecular complexity index is 586. The molecule has 0 aromatic heterocycles. The van der Waals surface area contributed by atoms with Gasteiger partial charge in [-0.1, -0.05) is 57.8 Å². The Labute approximate surface area is 157 Å². The summed E-state index contributed by atoms with van der Waals surface area (Å²) >= 11 is 0. The van der Waals surface area contributed by atoms with Gasteiger partial charge in [0, 0.05) is 11.1 Å². The molecule has 26 heavy (non-hydrogen) atoms. The highest BCUT2D eigenvalue weighted by Crippen LogP contribution is 2.08. The van der Waals surface area contributed by atoms with Gasteiger partial charge in [-0.05, 0) is 37.6 Å². The first-order valence-electron chi connectivity index (χ1n) is 9.62. The van der Waals surface area contributed by atoms with E-state index in [0.717, 1.165) is 12.8 Å². The van der Waals surface area contributed by atoms with E-state index in [4.69, 9.17) is 11.2 Å². The lowest BCUT2D eigenvalue weighted by Gasteiger charge is -2.13. The maximum atomic E-state index is 12.1. The molecular formula is C22H31NO3. The summed E-state index contributed by atoms with van der Waals surface area (Å²) in [5, 5.41) is 2.65. The number of terminal acetylenes is 1. The quantitative estimate of drug-likeness (QED) is 0.341. The molecule has 1 N–H and O–H groups in total. The number of carbonyl (C=O) groups excluding carboxylic acids is 2. The molecule has 1 aromatic rings. The summed E-state index contributed by atoms with van der Waals surface area (Å²) in [6, 6.07) is 6.00. The minimum atomic E-state index is -0.677. The number of unbranched alkanes of at least 4 members (excludes halogenated alkanes) is 7. The van der Waals surface area contributed by atoms with Crippen LogP contribution in [0.4, 0.5) is 0 Å². The van der Waals surface area contributed by atoms with E-state index in [0.29, 0.717) is 17.7 Å². The van der Waals surface area contributed by atoms with E-state index in [1.54, 1.807) is 31.2 Å². The fourth-order valence-corrected chi connectivity index (χ4v) is 2.59. The Morgan fingerprint density at radius 1 is 1.04 bits per heavy atom. The molecule has 0 aliphatic heterocycles. The summed E-state index contributed by atoms with van der Waals surface area (Å²) < 4.78 is 5.24. The molecule has 1 amide bonds. The van der Waals surface area contributed by atoms with Crippen molar-refractivity contribution in [2.24, 2.45) is 0 Å². The largest absolute Gasteiger partial charge is 0.464 e. The Balaban J connectivity index is 2.18. The van der Waals surface area contributed by atoms with Crippen LogP contribution in [-0.2, 0) is 9.53 Å². The predicted octanol–water partition coefficient (Wildman–Crippen LogP) is 4.47. The van der Waals surface area contributed by atoms with Crippen LogP contribution in [0.25, 0.3) is 0 Å². The number of benzene rings is 1. The number of hydrogen-bond acceptors (Lipinski definition) is 3. The van der Waals surface area contributed by atoms with Crippen LogP contribution in [0.2, 0.25) is 0 Å². The van der Waals surface area contributed by atoms with Crippen LogP contribution in [0.5, 0.6) is 0 Å². The zero-order chi connectivity index (χ0) is 19.2. The molecule has 0 fully saturated rings. The fourth-order valence-electron chi connectivity index (χ4n) is 2.59. The molecule has 0 heterocycles. The van der Waals surface area contributed by atoms with Gasteiger partial charge in [0.2, 0.25) is 0 Å². The van der Waals surface area contributed by atoms with Crippen molar-refractivity contribution >= 4 is 11.9 Å². The Hall–Kier alpha value is -2.28. The molecule has 1 atom stereocenters. The SMILES string of the molecule is C#Cc1ccc(C(=O)N[C@H](C)C(=O)OCCCCCCCCCC)cc1. The van der Waals surface area contributed by atoms with Crippen LogP contribution in [0.15, 0.2) is 24.3 Å². The number of esters is 1. The summed E-state index contributed by atoms with van der Waals surface area (Å²) in [4.78, 5) is 24.1. The van der Waals surface area contributed by atoms with Gasteiger partial charge in [-0.3, -0.25) is 4.79 Å². The van der Waals surface area contributed by atoms with Gasteiger partial charge in [-0.25, -0.2) is 4.79 Å². The molecule has 1 rings (SSSR count). The molecule has 4 heteroatoms. The third kappa shape index (κ3) is 8.71. The van der Waals surface area contributed by atoms with Crippen molar-refractivity contribution in [3.8, 4) is 12.3 Å². The minimum Gasteiger partial charge on any atom is -0.464 e. The van der Waals surface area contributed by atoms with Gasteiger partial charge in [0.15, 0.2) is 0 Å². The number of rotatable bonds is 12. The lowest BCUT2D eigenvalue weighted by molar-refractivity contribution is -0.145. The Kier molecular flexibility index (Phi) is 10.9. The second kappa shape index (κ2) is 13.0. The average Bonchev–Trinajstić information content (AvgIpc) is 2.66. The van der Waals surface area contributed by atoms with Crippen molar-refractivity contribution in [2.45, 2.75) is 71.3 Å². The lowest BCUT2D eigenvalue weighted by Crippen LogP contribution is -2.39. The van der Waals surface area contributed by atoms with Crippen molar-refractivity contribution < 1.29 is 14.3 Å². The number of hydrogen-bond donors (Lipinski definition) is 1. The van der Waals surface area contributed by atoms with Crippen LogP contribution >= 0.6 is 0 Å². The lowest BCUT2D eigenvalue weighted by atomic mass is 10.1. The molecule has 0 aliphatic rings. The highest BCUT2D eigenvalue weighted by atomic mass is 16.5. The van der Waals surface area contributed by atoms with Crippen LogP contribution in [-0.4, -0.2) is 24.5 Å². The maximum Gasteiger partial charge on any atom is 0.328 e. The first-order valence-corrected chi connectivity index (χ1v) is 9.62. The summed E-state index contributed by atoms with van der Waals surface area (Å²) in [7, 11) is 0. The highest BCUT2D eigenvalue weighted by molar-refractivity contribution is 5.96. The van der Waals surface area contributed by atoms with Gasteiger partial charge in [0.05, 0.1) is 6.61 Å². The smallest absolute Gasteiger partial charge is 0.328 e. The molecule has 0 bridgehead atoms. The first kappa shape index (κ1) is 21.8. The fraction of sp³-hybridized carbons (Fsp3) is 0.545. The van der Waals surface area contributed by atoms with Crippen molar-refractivity contribution in [2.75, 3.05) is 6.61 Å². The predicted molar refractivity (Wildman–Crippen MR) is 105 cm³/mol. The van der Waals surface area contributed by atoms with E-state index in [-0.39, 0.29) is 5.91 Å². The van der Waals surface area contributed by atoms with E-state index < -0.39 is 12.0 Å². The second-order valence-electron chi connectivity index (χ2n) is 6.56. The van der Waals surface area contributed by atoms with Gasteiger partial charge in [0.1, 0.15) is 6.04 Å². The normalized spacial score (nSPS) is 11.4. The maximum absolute atomic E-state index is 12.1. The highest BCUT2D eigenvalue weighted by Gasteiger charge is 2.17. The molecule has 0 saturated heterocycles. The van der Waals surface area contributed by atoms with E-state index in [1.165, 1.54) is 38.5 Å². The first-order chi connectivity index (χ1) is 12.6. The third-order valence-corrected chi connectivity index (χ3v) is 4.26. The van der Waals surface area contributed by atoms with Crippen molar-refractivity contribution in [3.63, 3.8) is 0 Å². The van der Waals surface area contributed by atoms with E-state index >= 15 is 0 Å². The molecule has 0 saturated carbocycles. The van der Waals surface area contributed by atoms with Crippen LogP contribution in [0.1, 0.15) is 81.1 Å². The van der Waals surface area contributed by atoms with Crippen molar-refractivity contribution in [1.82, 2.24) is 5.32 Å². The monoisotopic (exact) mass is 357 g/mol. The standard InChI is InChI=1S/C22H31NO3/c1-4-6-7-8-9-10-11-12-17-26-22(25)18(3)23-21(24)20-15-13-19(5-2)14-16-20/h2,13-16,18H,4,6-12,17H2,1,3H3,(H,23,24)/t18-/m1/s1. The van der Waals surface area contributed by atoms with E-state index in [2.05, 4.69) is 18.2 Å². The Morgan fingerprint density at radius 3 is 2.19 bits per heavy atom. The summed E-state index contributed by atoms with van der Waals surface area (Å²) in [5.41, 5.74) is 1.17. The molecule has 142 valence electrons. The van der Waals surface area contributed by atoms with Crippen molar-refractivity contribution in [1.29, 1.82) is 0 Å². The topological polar surface area (TPSA) is 55.4 Å². The van der Waals surface area contributed by atoms with Crippen LogP contribution < -0.4 is 5.32 Å². The van der Waals surface area contributed by atoms with Gasteiger partial charge >= 0.3 is 5.97 Å². The summed E-state index contributed by atoms with van der Waals surface area (Å²) in [6.45, 7) is 4.25. The van der Waals surface area contributed by atoms with Crippen LogP contribution in [0, 0.1) is 12.3 Å². The Morgan fingerprint density at radius 2 is 1.62 bits per heavy atom. The molecular weight excluding hydrogens is 326 g/mol. The molecule has 4 nitrogen and oxygen atoms in total. The number of amides is 1. The number of carbonyl (C=O) groups is 2. The van der Waals surface area contributed by atoms with Gasteiger partial charge in [-0.15, -0.1) is 6.42 Å². The molecule has 1 aromatic carbocycles. The molecule has 0 aliphatic carbocycles. The van der Waals surface area contributed by atoms with E-state index in [9.17, 15) is 9.59 Å². The minimum absolute atomic E-state index is 0.315. The van der Waals surface area contributed by atoms with Gasteiger partial charge < -0.3 is 10.1 Å². The number of ether oxygens (including phenoxy) is 1. The average molecular weight is 357 g/mol. The van der Waals surface area contributed by atoms with Crippen LogP contribution in [0.3, 0.4) is 0 Å². The zero-order valence-electron chi connectivity index (χ0n) is 16.1. The van der Waals surface area contributed by atoms with E-state index in [1.807, 2.05) is 0 Å². The van der Waals surface area contributed by atoms with Crippen molar-refractivity contribution in [3.05, 3.63) is 35.4 Å². The number of nitrogens with one attached hydrogen (secondary N) is 1. The summed E-state index contributed by atoms with van der Waals surface area (Å²) in [6.07, 6.45) is 14.8. The molecule has 0 unspecified atom stereocenters. The van der Waals surface area contributed by atoms with Gasteiger partial charge in [-0.2, -0.15) is 0 Å². The zero-order valence-corrected chi connectivity index (χ0v) is 16.1. The third-order valence-electron chi connectivity index (χ3n) is 4.26. The molecule has 0 radical (unpaired) electrons. The molecule has 0 spiro atoms. The summed E-state index contributed by atoms with van der Waals surface area (Å²) in [5.74, 6) is 1.78.